The van der Waals surface area contributed by atoms with Gasteiger partial charge in [0.2, 0.25) is 0 Å². The van der Waals surface area contributed by atoms with Crippen LogP contribution in [0.4, 0.5) is 13.2 Å². The Labute approximate surface area is 171 Å². The van der Waals surface area contributed by atoms with Crippen LogP contribution >= 0.6 is 11.6 Å². The van der Waals surface area contributed by atoms with Gasteiger partial charge in [0.1, 0.15) is 5.72 Å². The first kappa shape index (κ1) is 22.2. The maximum atomic E-state index is 12.4. The summed E-state index contributed by atoms with van der Waals surface area (Å²) in [6, 6.07) is 3.52. The van der Waals surface area contributed by atoms with Crippen molar-refractivity contribution in [1.82, 2.24) is 10.0 Å². The Bertz CT molecular complexity index is 696. The molecule has 2 fully saturated rings. The predicted octanol–water partition coefficient (Wildman–Crippen LogP) is 4.36. The largest absolute Gasteiger partial charge is 0.592 e. The fourth-order valence-corrected chi connectivity index (χ4v) is 4.34. The minimum atomic E-state index is -4.73. The molecular formula is C19H26ClF3N2O2S. The zero-order valence-corrected chi connectivity index (χ0v) is 17.6. The lowest BCUT2D eigenvalue weighted by atomic mass is 9.98. The highest BCUT2D eigenvalue weighted by Crippen LogP contribution is 2.47. The first-order valence-electron chi connectivity index (χ1n) is 9.52. The van der Waals surface area contributed by atoms with Crippen LogP contribution in [0, 0.1) is 12.8 Å². The molecule has 3 atom stereocenters. The topological polar surface area (TPSA) is 59.6 Å². The second-order valence-electron chi connectivity index (χ2n) is 7.80. The lowest BCUT2D eigenvalue weighted by Gasteiger charge is -2.18. The molecule has 3 rings (SSSR count). The van der Waals surface area contributed by atoms with E-state index < -0.39 is 22.9 Å². The number of hydrogen-bond acceptors (Lipinski definition) is 4. The SMILES string of the molecule is Cc1cc(Cl)c(CN[C@]2(C3CC3)CO2)cc1CCC[C@H](C)N[S+]([O-])C(F)(F)F. The van der Waals surface area contributed by atoms with Crippen molar-refractivity contribution >= 4 is 23.0 Å². The maximum Gasteiger partial charge on any atom is 0.592 e. The van der Waals surface area contributed by atoms with E-state index >= 15 is 0 Å². The monoisotopic (exact) mass is 438 g/mol. The van der Waals surface area contributed by atoms with Crippen molar-refractivity contribution in [2.75, 3.05) is 6.61 Å². The van der Waals surface area contributed by atoms with Crippen molar-refractivity contribution in [3.63, 3.8) is 0 Å². The second kappa shape index (κ2) is 8.70. The molecular weight excluding hydrogens is 413 g/mol. The highest BCUT2D eigenvalue weighted by Gasteiger charge is 2.55. The lowest BCUT2D eigenvalue weighted by Crippen LogP contribution is -2.41. The van der Waals surface area contributed by atoms with E-state index in [9.17, 15) is 17.7 Å². The van der Waals surface area contributed by atoms with Gasteiger partial charge in [-0.1, -0.05) is 17.7 Å². The first-order valence-corrected chi connectivity index (χ1v) is 11.0. The van der Waals surface area contributed by atoms with Crippen molar-refractivity contribution in [2.24, 2.45) is 5.92 Å². The van der Waals surface area contributed by atoms with Gasteiger partial charge in [0.05, 0.1) is 12.6 Å². The van der Waals surface area contributed by atoms with Crippen LogP contribution in [0.1, 0.15) is 49.3 Å². The fraction of sp³-hybridized carbons (Fsp3) is 0.684. The fourth-order valence-electron chi connectivity index (χ4n) is 3.43. The van der Waals surface area contributed by atoms with E-state index in [2.05, 4.69) is 16.1 Å². The summed E-state index contributed by atoms with van der Waals surface area (Å²) in [4.78, 5) is 0. The number of hydrogen-bond donors (Lipinski definition) is 2. The number of benzene rings is 1. The Morgan fingerprint density at radius 3 is 2.61 bits per heavy atom. The number of rotatable bonds is 10. The summed E-state index contributed by atoms with van der Waals surface area (Å²) in [6.45, 7) is 4.97. The molecule has 1 aliphatic carbocycles. The molecule has 9 heteroatoms. The molecule has 0 amide bonds. The quantitative estimate of drug-likeness (QED) is 0.421. The molecule has 1 unspecified atom stereocenters. The number of nitrogens with one attached hydrogen (secondary N) is 2. The van der Waals surface area contributed by atoms with Gasteiger partial charge in [-0.2, -0.15) is 0 Å². The molecule has 2 N–H and O–H groups in total. The summed E-state index contributed by atoms with van der Waals surface area (Å²) >= 11 is 3.38. The third-order valence-electron chi connectivity index (χ3n) is 5.38. The smallest absolute Gasteiger partial charge is 0.591 e. The van der Waals surface area contributed by atoms with Gasteiger partial charge in [0.15, 0.2) is 11.4 Å². The van der Waals surface area contributed by atoms with Gasteiger partial charge in [0, 0.05) is 17.5 Å². The van der Waals surface area contributed by atoms with Crippen LogP contribution in [0.5, 0.6) is 0 Å². The van der Waals surface area contributed by atoms with Crippen LogP contribution in [-0.2, 0) is 29.1 Å². The Morgan fingerprint density at radius 2 is 2.04 bits per heavy atom. The summed E-state index contributed by atoms with van der Waals surface area (Å²) in [5.74, 6) is 0.604. The Hall–Kier alpha value is -0.510. The normalized spacial score (nSPS) is 24.2. The van der Waals surface area contributed by atoms with Gasteiger partial charge >= 0.3 is 5.51 Å². The van der Waals surface area contributed by atoms with Crippen molar-refractivity contribution in [3.05, 3.63) is 33.8 Å². The van der Waals surface area contributed by atoms with Gasteiger partial charge in [-0.15, -0.1) is 17.9 Å². The van der Waals surface area contributed by atoms with Crippen molar-refractivity contribution < 1.29 is 22.5 Å². The zero-order valence-electron chi connectivity index (χ0n) is 16.0. The zero-order chi connectivity index (χ0) is 20.5. The van der Waals surface area contributed by atoms with Gasteiger partial charge < -0.3 is 9.29 Å². The minimum absolute atomic E-state index is 0.163. The second-order valence-corrected chi connectivity index (χ2v) is 9.44. The van der Waals surface area contributed by atoms with Crippen LogP contribution in [0.2, 0.25) is 5.02 Å². The molecule has 0 radical (unpaired) electrons. The molecule has 1 aromatic rings. The molecule has 0 aromatic heterocycles. The van der Waals surface area contributed by atoms with Crippen LogP contribution < -0.4 is 10.0 Å². The standard InChI is InChI=1S/C19H26ClF3N2O2S/c1-12-8-17(20)15(10-24-18(11-27-18)16-6-7-16)9-14(12)5-3-4-13(2)25-28(26)19(21,22)23/h8-9,13,16,24-25H,3-7,10-11H2,1-2H3/t13-,18+,28?/m0/s1. The predicted molar refractivity (Wildman–Crippen MR) is 104 cm³/mol. The first-order chi connectivity index (χ1) is 13.1. The van der Waals surface area contributed by atoms with Crippen molar-refractivity contribution in [1.29, 1.82) is 0 Å². The third-order valence-corrected chi connectivity index (χ3v) is 6.77. The van der Waals surface area contributed by atoms with Crippen LogP contribution in [0.3, 0.4) is 0 Å². The molecule has 1 aromatic carbocycles. The molecule has 1 saturated carbocycles. The Morgan fingerprint density at radius 1 is 1.36 bits per heavy atom. The molecule has 1 aliphatic heterocycles. The van der Waals surface area contributed by atoms with Crippen LogP contribution in [0.15, 0.2) is 12.1 Å². The maximum absolute atomic E-state index is 12.4. The number of ether oxygens (including phenoxy) is 1. The van der Waals surface area contributed by atoms with Gasteiger partial charge in [-0.25, -0.2) is 0 Å². The molecule has 1 heterocycles. The number of halogens is 4. The summed E-state index contributed by atoms with van der Waals surface area (Å²) in [6.07, 6.45) is 4.31. The molecule has 28 heavy (non-hydrogen) atoms. The molecule has 158 valence electrons. The van der Waals surface area contributed by atoms with Gasteiger partial charge in [-0.05, 0) is 68.7 Å². The average molecular weight is 439 g/mol. The molecule has 1 saturated heterocycles. The van der Waals surface area contributed by atoms with Gasteiger partial charge in [0.25, 0.3) is 0 Å². The summed E-state index contributed by atoms with van der Waals surface area (Å²) in [5, 5.41) is 4.19. The summed E-state index contributed by atoms with van der Waals surface area (Å²) in [7, 11) is 0. The van der Waals surface area contributed by atoms with Crippen LogP contribution in [0.25, 0.3) is 0 Å². The summed E-state index contributed by atoms with van der Waals surface area (Å²) in [5.41, 5.74) is -1.70. The number of alkyl halides is 3. The highest BCUT2D eigenvalue weighted by atomic mass is 35.5. The van der Waals surface area contributed by atoms with E-state index in [4.69, 9.17) is 16.3 Å². The molecule has 2 aliphatic rings. The number of epoxide rings is 1. The van der Waals surface area contributed by atoms with E-state index in [1.54, 1.807) is 6.92 Å². The molecule has 0 bridgehead atoms. The van der Waals surface area contributed by atoms with Gasteiger partial charge in [-0.3, -0.25) is 5.32 Å². The van der Waals surface area contributed by atoms with Crippen molar-refractivity contribution in [2.45, 2.75) is 69.8 Å². The average Bonchev–Trinajstić information content (AvgIpc) is 3.48. The van der Waals surface area contributed by atoms with E-state index in [1.165, 1.54) is 12.8 Å². The minimum Gasteiger partial charge on any atom is -0.591 e. The Kier molecular flexibility index (Phi) is 6.89. The van der Waals surface area contributed by atoms with Crippen LogP contribution in [-0.4, -0.2) is 28.4 Å². The van der Waals surface area contributed by atoms with E-state index in [0.29, 0.717) is 30.3 Å². The molecule has 0 spiro atoms. The molecule has 4 nitrogen and oxygen atoms in total. The third kappa shape index (κ3) is 5.77. The number of aryl methyl sites for hydroxylation is 2. The van der Waals surface area contributed by atoms with E-state index in [1.807, 2.05) is 13.0 Å². The Balaban J connectivity index is 1.50. The van der Waals surface area contributed by atoms with Crippen molar-refractivity contribution in [3.8, 4) is 0 Å². The lowest BCUT2D eigenvalue weighted by molar-refractivity contribution is -0.0450. The summed E-state index contributed by atoms with van der Waals surface area (Å²) < 4.78 is 55.9. The van der Waals surface area contributed by atoms with E-state index in [0.717, 1.165) is 29.7 Å². The van der Waals surface area contributed by atoms with E-state index in [-0.39, 0.29) is 5.72 Å². The highest BCUT2D eigenvalue weighted by molar-refractivity contribution is 7.90.